The molecule has 0 radical (unpaired) electrons. The van der Waals surface area contributed by atoms with E-state index in [0.717, 1.165) is 0 Å². The average Bonchev–Trinajstić information content (AvgIpc) is 2.80. The molecular formula is C25H30FN7O2. The lowest BCUT2D eigenvalue weighted by Gasteiger charge is -2.15. The maximum Gasteiger partial charge on any atom is 0.319 e. The van der Waals surface area contributed by atoms with E-state index in [1.54, 1.807) is 30.3 Å². The predicted octanol–water partition coefficient (Wildman–Crippen LogP) is 4.51. The highest BCUT2D eigenvalue weighted by Crippen LogP contribution is 2.29. The van der Waals surface area contributed by atoms with E-state index in [1.807, 2.05) is 32.8 Å². The van der Waals surface area contributed by atoms with Gasteiger partial charge in [0.15, 0.2) is 0 Å². The fourth-order valence-electron chi connectivity index (χ4n) is 3.14. The van der Waals surface area contributed by atoms with Gasteiger partial charge in [-0.3, -0.25) is 0 Å². The van der Waals surface area contributed by atoms with E-state index in [9.17, 15) is 9.18 Å². The highest BCUT2D eigenvalue weighted by Gasteiger charge is 2.16. The van der Waals surface area contributed by atoms with Gasteiger partial charge in [-0.2, -0.15) is 5.26 Å². The summed E-state index contributed by atoms with van der Waals surface area (Å²) in [5.41, 5.74) is 1.19. The smallest absolute Gasteiger partial charge is 0.319 e. The monoisotopic (exact) mass is 479 g/mol. The number of fused-ring (bicyclic) bond motifs is 1. The summed E-state index contributed by atoms with van der Waals surface area (Å²) in [6.07, 6.45) is 1.91. The van der Waals surface area contributed by atoms with E-state index in [0.29, 0.717) is 54.6 Å². The third-order valence-corrected chi connectivity index (χ3v) is 5.21. The van der Waals surface area contributed by atoms with Gasteiger partial charge in [-0.05, 0) is 58.6 Å². The van der Waals surface area contributed by atoms with Crippen LogP contribution in [0, 0.1) is 22.6 Å². The van der Waals surface area contributed by atoms with Crippen LogP contribution in [-0.4, -0.2) is 54.7 Å². The molecule has 1 aromatic heterocycles. The molecule has 3 N–H and O–H groups in total. The van der Waals surface area contributed by atoms with Crippen molar-refractivity contribution in [2.75, 3.05) is 44.4 Å². The number of hydrogen-bond donors (Lipinski definition) is 3. The van der Waals surface area contributed by atoms with Crippen molar-refractivity contribution in [3.8, 4) is 11.8 Å². The highest BCUT2D eigenvalue weighted by molar-refractivity contribution is 5.92. The van der Waals surface area contributed by atoms with Crippen molar-refractivity contribution in [1.82, 2.24) is 20.2 Å². The summed E-state index contributed by atoms with van der Waals surface area (Å²) < 4.78 is 20.6. The number of nitriles is 1. The second-order valence-electron chi connectivity index (χ2n) is 9.00. The molecule has 2 amide bonds. The molecule has 1 heterocycles. The van der Waals surface area contributed by atoms with Crippen LogP contribution in [0.2, 0.25) is 0 Å². The summed E-state index contributed by atoms with van der Waals surface area (Å²) in [5.74, 6) is 0.247. The van der Waals surface area contributed by atoms with Gasteiger partial charge in [-0.15, -0.1) is 0 Å². The van der Waals surface area contributed by atoms with E-state index in [2.05, 4.69) is 32.0 Å². The first-order valence-electron chi connectivity index (χ1n) is 11.2. The second-order valence-corrected chi connectivity index (χ2v) is 9.00. The predicted molar refractivity (Wildman–Crippen MR) is 134 cm³/mol. The Morgan fingerprint density at radius 3 is 2.57 bits per heavy atom. The largest absolute Gasteiger partial charge is 0.492 e. The minimum atomic E-state index is -0.494. The van der Waals surface area contributed by atoms with Gasteiger partial charge in [0.2, 0.25) is 0 Å². The SMILES string of the molecule is CN(C)CCOc1cc(F)c2c(Nc3ccc(NC(=O)NCCC(C)(C)C#N)cc3)ncnc2c1. The molecule has 9 nitrogen and oxygen atoms in total. The van der Waals surface area contributed by atoms with Crippen molar-refractivity contribution < 1.29 is 13.9 Å². The van der Waals surface area contributed by atoms with Crippen LogP contribution in [0.25, 0.3) is 10.9 Å². The van der Waals surface area contributed by atoms with Gasteiger partial charge in [0.05, 0.1) is 22.4 Å². The van der Waals surface area contributed by atoms with Gasteiger partial charge in [0.1, 0.15) is 30.3 Å². The van der Waals surface area contributed by atoms with E-state index < -0.39 is 11.2 Å². The number of halogens is 1. The molecular weight excluding hydrogens is 449 g/mol. The van der Waals surface area contributed by atoms with Gasteiger partial charge >= 0.3 is 6.03 Å². The molecule has 0 atom stereocenters. The molecule has 0 fully saturated rings. The third kappa shape index (κ3) is 7.52. The zero-order valence-electron chi connectivity index (χ0n) is 20.4. The Bertz CT molecular complexity index is 1210. The number of nitrogens with zero attached hydrogens (tertiary/aromatic N) is 4. The molecule has 0 aliphatic carbocycles. The van der Waals surface area contributed by atoms with Crippen LogP contribution in [0.1, 0.15) is 20.3 Å². The topological polar surface area (TPSA) is 115 Å². The van der Waals surface area contributed by atoms with E-state index in [4.69, 9.17) is 10.00 Å². The van der Waals surface area contributed by atoms with Gasteiger partial charge < -0.3 is 25.6 Å². The van der Waals surface area contributed by atoms with E-state index in [-0.39, 0.29) is 11.4 Å². The zero-order chi connectivity index (χ0) is 25.4. The molecule has 3 rings (SSSR count). The molecule has 0 unspecified atom stereocenters. The zero-order valence-corrected chi connectivity index (χ0v) is 20.4. The first kappa shape index (κ1) is 25.6. The molecule has 10 heteroatoms. The van der Waals surface area contributed by atoms with Gasteiger partial charge in [0.25, 0.3) is 0 Å². The minimum absolute atomic E-state index is 0.259. The van der Waals surface area contributed by atoms with Crippen LogP contribution < -0.4 is 20.7 Å². The summed E-state index contributed by atoms with van der Waals surface area (Å²) in [6.45, 7) is 5.18. The van der Waals surface area contributed by atoms with Crippen molar-refractivity contribution in [3.05, 3.63) is 48.5 Å². The molecule has 2 aromatic carbocycles. The number of anilines is 3. The molecule has 0 saturated carbocycles. The van der Waals surface area contributed by atoms with Crippen molar-refractivity contribution in [3.63, 3.8) is 0 Å². The quantitative estimate of drug-likeness (QED) is 0.392. The van der Waals surface area contributed by atoms with Crippen LogP contribution >= 0.6 is 0 Å². The van der Waals surface area contributed by atoms with Crippen LogP contribution in [0.4, 0.5) is 26.4 Å². The molecule has 3 aromatic rings. The van der Waals surface area contributed by atoms with Crippen molar-refractivity contribution >= 4 is 34.1 Å². The number of urea groups is 1. The maximum absolute atomic E-state index is 14.9. The highest BCUT2D eigenvalue weighted by atomic mass is 19.1. The summed E-state index contributed by atoms with van der Waals surface area (Å²) in [6, 6.07) is 11.8. The molecule has 0 aliphatic heterocycles. The Labute approximate surface area is 204 Å². The number of amides is 2. The van der Waals surface area contributed by atoms with Crippen LogP contribution in [0.3, 0.4) is 0 Å². The van der Waals surface area contributed by atoms with Crippen LogP contribution in [0.5, 0.6) is 5.75 Å². The van der Waals surface area contributed by atoms with Gasteiger partial charge in [-0.1, -0.05) is 0 Å². The lowest BCUT2D eigenvalue weighted by molar-refractivity contribution is 0.251. The average molecular weight is 480 g/mol. The van der Waals surface area contributed by atoms with Gasteiger partial charge in [-0.25, -0.2) is 19.2 Å². The Kier molecular flexibility index (Phi) is 8.39. The lowest BCUT2D eigenvalue weighted by Crippen LogP contribution is -2.31. The number of carbonyl (C=O) groups excluding carboxylic acids is 1. The van der Waals surface area contributed by atoms with Crippen LogP contribution in [0.15, 0.2) is 42.7 Å². The molecule has 0 saturated heterocycles. The fraction of sp³-hybridized carbons (Fsp3) is 0.360. The first-order chi connectivity index (χ1) is 16.7. The van der Waals surface area contributed by atoms with Crippen molar-refractivity contribution in [2.45, 2.75) is 20.3 Å². The first-order valence-corrected chi connectivity index (χ1v) is 11.2. The number of nitrogens with one attached hydrogen (secondary N) is 3. The number of benzene rings is 2. The van der Waals surface area contributed by atoms with Crippen molar-refractivity contribution in [2.24, 2.45) is 5.41 Å². The van der Waals surface area contributed by atoms with Gasteiger partial charge in [0, 0.05) is 36.6 Å². The standard InChI is InChI=1S/C25H30FN7O2/c1-25(2,15-27)9-10-28-24(34)32-18-7-5-17(6-8-18)31-23-22-20(26)13-19(35-12-11-33(3)4)14-21(22)29-16-30-23/h5-8,13-14,16H,9-12H2,1-4H3,(H2,28,32,34)(H,29,30,31). The molecule has 0 spiro atoms. The maximum atomic E-state index is 14.9. The Morgan fingerprint density at radius 1 is 1.17 bits per heavy atom. The number of ether oxygens (including phenoxy) is 1. The number of carbonyl (C=O) groups is 1. The molecule has 0 aliphatic rings. The Morgan fingerprint density at radius 2 is 1.89 bits per heavy atom. The summed E-state index contributed by atoms with van der Waals surface area (Å²) in [5, 5.41) is 17.9. The number of hydrogen-bond acceptors (Lipinski definition) is 7. The normalized spacial score (nSPS) is 11.2. The fourth-order valence-corrected chi connectivity index (χ4v) is 3.14. The summed E-state index contributed by atoms with van der Waals surface area (Å²) in [4.78, 5) is 22.4. The van der Waals surface area contributed by atoms with Crippen molar-refractivity contribution in [1.29, 1.82) is 5.26 Å². The summed E-state index contributed by atoms with van der Waals surface area (Å²) in [7, 11) is 3.87. The molecule has 0 bridgehead atoms. The number of aromatic nitrogens is 2. The Hall–Kier alpha value is -3.97. The van der Waals surface area contributed by atoms with E-state index >= 15 is 0 Å². The molecule has 35 heavy (non-hydrogen) atoms. The second kappa shape index (κ2) is 11.4. The van der Waals surface area contributed by atoms with E-state index in [1.165, 1.54) is 12.4 Å². The Balaban J connectivity index is 1.64. The number of likely N-dealkylation sites (N-methyl/N-ethyl adjacent to an activating group) is 1. The molecule has 184 valence electrons. The lowest BCUT2D eigenvalue weighted by atomic mass is 9.92. The number of rotatable bonds is 10. The summed E-state index contributed by atoms with van der Waals surface area (Å²) >= 11 is 0. The third-order valence-electron chi connectivity index (χ3n) is 5.21. The van der Waals surface area contributed by atoms with Crippen LogP contribution in [-0.2, 0) is 0 Å². The minimum Gasteiger partial charge on any atom is -0.492 e.